The standard InChI is InChI=1S/C31H36F3N3/c1-24-11-13-26(14-12-24)29(28-10-4-5-18-35-28)37-22-17-30(23-37)15-20-36(21-16-30)19-6-8-25-7-2-3-9-27(25)31(32,33)34/h2-5,7,9-14,18,29H,6,8,15-17,19-23H2,1H3. The molecule has 37 heavy (non-hydrogen) atoms. The molecule has 196 valence electrons. The zero-order valence-electron chi connectivity index (χ0n) is 21.6. The summed E-state index contributed by atoms with van der Waals surface area (Å²) in [6.07, 6.45) is 2.29. The minimum absolute atomic E-state index is 0.160. The van der Waals surface area contributed by atoms with E-state index >= 15 is 0 Å². The lowest BCUT2D eigenvalue weighted by Crippen LogP contribution is -2.42. The van der Waals surface area contributed by atoms with Crippen molar-refractivity contribution >= 4 is 0 Å². The molecule has 0 aliphatic carbocycles. The first-order chi connectivity index (χ1) is 17.8. The van der Waals surface area contributed by atoms with Crippen LogP contribution in [0.5, 0.6) is 0 Å². The van der Waals surface area contributed by atoms with Crippen molar-refractivity contribution in [3.63, 3.8) is 0 Å². The molecule has 2 saturated heterocycles. The van der Waals surface area contributed by atoms with E-state index in [1.807, 2.05) is 12.3 Å². The Morgan fingerprint density at radius 1 is 0.892 bits per heavy atom. The van der Waals surface area contributed by atoms with Crippen LogP contribution in [0, 0.1) is 12.3 Å². The van der Waals surface area contributed by atoms with Crippen molar-refractivity contribution in [3.05, 3.63) is 101 Å². The third-order valence-corrected chi connectivity index (χ3v) is 8.35. The topological polar surface area (TPSA) is 19.4 Å². The van der Waals surface area contributed by atoms with Gasteiger partial charge in [-0.25, -0.2) is 0 Å². The number of halogens is 3. The lowest BCUT2D eigenvalue weighted by molar-refractivity contribution is -0.138. The van der Waals surface area contributed by atoms with Crippen molar-refractivity contribution in [1.82, 2.24) is 14.8 Å². The van der Waals surface area contributed by atoms with E-state index in [0.717, 1.165) is 57.7 Å². The molecule has 1 spiro atoms. The summed E-state index contributed by atoms with van der Waals surface area (Å²) in [5, 5.41) is 0. The van der Waals surface area contributed by atoms with E-state index < -0.39 is 11.7 Å². The van der Waals surface area contributed by atoms with Gasteiger partial charge in [-0.2, -0.15) is 13.2 Å². The highest BCUT2D eigenvalue weighted by Crippen LogP contribution is 2.44. The van der Waals surface area contributed by atoms with Crippen molar-refractivity contribution in [2.45, 2.75) is 51.2 Å². The van der Waals surface area contributed by atoms with Crippen LogP contribution < -0.4 is 0 Å². The van der Waals surface area contributed by atoms with Gasteiger partial charge < -0.3 is 4.90 Å². The fourth-order valence-electron chi connectivity index (χ4n) is 6.21. The van der Waals surface area contributed by atoms with Gasteiger partial charge in [0.15, 0.2) is 0 Å². The Morgan fingerprint density at radius 2 is 1.59 bits per heavy atom. The average Bonchev–Trinajstić information content (AvgIpc) is 3.30. The van der Waals surface area contributed by atoms with Crippen LogP contribution in [-0.4, -0.2) is 47.5 Å². The molecule has 3 nitrogen and oxygen atoms in total. The summed E-state index contributed by atoms with van der Waals surface area (Å²) in [4.78, 5) is 9.78. The molecule has 1 unspecified atom stereocenters. The second-order valence-electron chi connectivity index (χ2n) is 10.9. The molecular weight excluding hydrogens is 471 g/mol. The monoisotopic (exact) mass is 507 g/mol. The van der Waals surface area contributed by atoms with E-state index in [1.165, 1.54) is 29.7 Å². The highest BCUT2D eigenvalue weighted by molar-refractivity contribution is 5.31. The molecule has 0 saturated carbocycles. The van der Waals surface area contributed by atoms with E-state index in [1.54, 1.807) is 12.1 Å². The van der Waals surface area contributed by atoms with E-state index in [0.29, 0.717) is 17.4 Å². The lowest BCUT2D eigenvalue weighted by Gasteiger charge is -2.40. The molecule has 2 aliphatic heterocycles. The number of nitrogens with zero attached hydrogens (tertiary/aromatic N) is 3. The van der Waals surface area contributed by atoms with Crippen molar-refractivity contribution in [2.24, 2.45) is 5.41 Å². The second-order valence-corrected chi connectivity index (χ2v) is 10.9. The number of alkyl halides is 3. The number of aromatic nitrogens is 1. The fraction of sp³-hybridized carbons (Fsp3) is 0.452. The van der Waals surface area contributed by atoms with Gasteiger partial charge in [-0.3, -0.25) is 9.88 Å². The summed E-state index contributed by atoms with van der Waals surface area (Å²) in [7, 11) is 0. The minimum Gasteiger partial charge on any atom is -0.303 e. The van der Waals surface area contributed by atoms with Gasteiger partial charge in [0.1, 0.15) is 0 Å². The summed E-state index contributed by atoms with van der Waals surface area (Å²) in [5.41, 5.74) is 3.88. The quantitative estimate of drug-likeness (QED) is 0.346. The number of pyridine rings is 1. The van der Waals surface area contributed by atoms with Gasteiger partial charge in [0.05, 0.1) is 17.3 Å². The Hall–Kier alpha value is -2.70. The Balaban J connectivity index is 1.18. The predicted octanol–water partition coefficient (Wildman–Crippen LogP) is 6.92. The molecule has 3 heterocycles. The minimum atomic E-state index is -4.28. The van der Waals surface area contributed by atoms with Gasteiger partial charge in [-0.05, 0) is 99.9 Å². The maximum absolute atomic E-state index is 13.3. The normalized spacial score (nSPS) is 19.4. The highest BCUT2D eigenvalue weighted by atomic mass is 19.4. The Kier molecular flexibility index (Phi) is 7.68. The molecular formula is C31H36F3N3. The molecule has 2 aromatic carbocycles. The lowest BCUT2D eigenvalue weighted by atomic mass is 9.77. The number of likely N-dealkylation sites (tertiary alicyclic amines) is 2. The number of hydrogen-bond donors (Lipinski definition) is 0. The molecule has 0 amide bonds. The van der Waals surface area contributed by atoms with Crippen LogP contribution >= 0.6 is 0 Å². The van der Waals surface area contributed by atoms with Crippen LogP contribution in [0.4, 0.5) is 13.2 Å². The molecule has 1 atom stereocenters. The van der Waals surface area contributed by atoms with E-state index in [-0.39, 0.29) is 6.04 Å². The predicted molar refractivity (Wildman–Crippen MR) is 141 cm³/mol. The van der Waals surface area contributed by atoms with Gasteiger partial charge in [0.25, 0.3) is 0 Å². The summed E-state index contributed by atoms with van der Waals surface area (Å²) in [6.45, 7) is 7.14. The number of rotatable bonds is 7. The van der Waals surface area contributed by atoms with Crippen molar-refractivity contribution < 1.29 is 13.2 Å². The first-order valence-electron chi connectivity index (χ1n) is 13.4. The van der Waals surface area contributed by atoms with Crippen LogP contribution in [-0.2, 0) is 12.6 Å². The largest absolute Gasteiger partial charge is 0.416 e. The molecule has 2 aliphatic rings. The Morgan fingerprint density at radius 3 is 2.30 bits per heavy atom. The molecule has 0 bridgehead atoms. The van der Waals surface area contributed by atoms with E-state index in [2.05, 4.69) is 53.1 Å². The molecule has 3 aromatic rings. The molecule has 2 fully saturated rings. The smallest absolute Gasteiger partial charge is 0.303 e. The number of piperidine rings is 1. The first kappa shape index (κ1) is 25.9. The van der Waals surface area contributed by atoms with E-state index in [9.17, 15) is 13.2 Å². The zero-order chi connectivity index (χ0) is 25.9. The number of hydrogen-bond acceptors (Lipinski definition) is 3. The Labute approximate surface area is 218 Å². The first-order valence-corrected chi connectivity index (χ1v) is 13.4. The number of aryl methyl sites for hydroxylation is 2. The fourth-order valence-corrected chi connectivity index (χ4v) is 6.21. The van der Waals surface area contributed by atoms with Gasteiger partial charge in [-0.1, -0.05) is 54.1 Å². The molecule has 6 heteroatoms. The summed E-state index contributed by atoms with van der Waals surface area (Å²) in [6, 6.07) is 21.2. The van der Waals surface area contributed by atoms with Crippen LogP contribution in [0.15, 0.2) is 72.9 Å². The van der Waals surface area contributed by atoms with Crippen molar-refractivity contribution in [2.75, 3.05) is 32.7 Å². The summed E-state index contributed by atoms with van der Waals surface area (Å²) < 4.78 is 39.9. The third kappa shape index (κ3) is 6.07. The molecule has 0 N–H and O–H groups in total. The molecule has 1 aromatic heterocycles. The SMILES string of the molecule is Cc1ccc(C(c2ccccn2)N2CCC3(CCN(CCCc4ccccc4C(F)(F)F)CC3)C2)cc1. The zero-order valence-corrected chi connectivity index (χ0v) is 21.6. The third-order valence-electron chi connectivity index (χ3n) is 8.35. The maximum atomic E-state index is 13.3. The van der Waals surface area contributed by atoms with Crippen LogP contribution in [0.25, 0.3) is 0 Å². The van der Waals surface area contributed by atoms with Crippen LogP contribution in [0.2, 0.25) is 0 Å². The van der Waals surface area contributed by atoms with Crippen molar-refractivity contribution in [3.8, 4) is 0 Å². The second kappa shape index (κ2) is 11.0. The van der Waals surface area contributed by atoms with Gasteiger partial charge >= 0.3 is 6.18 Å². The van der Waals surface area contributed by atoms with Crippen LogP contribution in [0.1, 0.15) is 59.7 Å². The van der Waals surface area contributed by atoms with Crippen molar-refractivity contribution in [1.29, 1.82) is 0 Å². The highest BCUT2D eigenvalue weighted by Gasteiger charge is 2.43. The molecule has 5 rings (SSSR count). The van der Waals surface area contributed by atoms with Gasteiger partial charge in [-0.15, -0.1) is 0 Å². The summed E-state index contributed by atoms with van der Waals surface area (Å²) >= 11 is 0. The maximum Gasteiger partial charge on any atom is 0.416 e. The number of benzene rings is 2. The van der Waals surface area contributed by atoms with Gasteiger partial charge in [0, 0.05) is 12.7 Å². The average molecular weight is 508 g/mol. The molecule has 0 radical (unpaired) electrons. The van der Waals surface area contributed by atoms with Gasteiger partial charge in [0.2, 0.25) is 0 Å². The summed E-state index contributed by atoms with van der Waals surface area (Å²) in [5.74, 6) is 0. The van der Waals surface area contributed by atoms with E-state index in [4.69, 9.17) is 4.98 Å². The van der Waals surface area contributed by atoms with Crippen LogP contribution in [0.3, 0.4) is 0 Å². The Bertz CT molecular complexity index is 1150.